The molecule has 2 rings (SSSR count). The van der Waals surface area contributed by atoms with E-state index in [1.165, 1.54) is 11.5 Å². The number of hydrogen-bond donors (Lipinski definition) is 2. The Balaban J connectivity index is 2.16. The average Bonchev–Trinajstić information content (AvgIpc) is 2.77. The van der Waals surface area contributed by atoms with Crippen LogP contribution in [0, 0.1) is 5.41 Å². The number of nitrogens with zero attached hydrogens (tertiary/aromatic N) is 2. The first-order valence-corrected chi connectivity index (χ1v) is 7.85. The second kappa shape index (κ2) is 6.45. The summed E-state index contributed by atoms with van der Waals surface area (Å²) in [6, 6.07) is 10.2. The largest absolute Gasteiger partial charge is 0.382 e. The van der Waals surface area contributed by atoms with Gasteiger partial charge in [0.2, 0.25) is 0 Å². The van der Waals surface area contributed by atoms with Crippen LogP contribution in [0.4, 0.5) is 10.8 Å². The first-order valence-electron chi connectivity index (χ1n) is 7.08. The topological polar surface area (TPSA) is 54.2 Å². The van der Waals surface area contributed by atoms with E-state index in [0.29, 0.717) is 5.82 Å². The minimum Gasteiger partial charge on any atom is -0.382 e. The van der Waals surface area contributed by atoms with E-state index in [1.807, 2.05) is 18.2 Å². The van der Waals surface area contributed by atoms with Crippen molar-refractivity contribution < 1.29 is 0 Å². The normalized spacial score (nSPS) is 11.9. The molecule has 4 nitrogen and oxygen atoms in total. The van der Waals surface area contributed by atoms with Crippen molar-refractivity contribution in [2.75, 3.05) is 38.2 Å². The molecule has 2 aromatic rings. The summed E-state index contributed by atoms with van der Waals surface area (Å²) in [5.41, 5.74) is 8.34. The SMILES string of the molecule is CN(C)CC(C)(C)CNc1snc(N)c1-c1ccccc1. The van der Waals surface area contributed by atoms with Gasteiger partial charge in [-0.25, -0.2) is 0 Å². The average molecular weight is 304 g/mol. The number of nitrogens with one attached hydrogen (secondary N) is 1. The Hall–Kier alpha value is -1.59. The third kappa shape index (κ3) is 4.19. The van der Waals surface area contributed by atoms with Gasteiger partial charge in [0.15, 0.2) is 0 Å². The first kappa shape index (κ1) is 15.8. The van der Waals surface area contributed by atoms with Crippen LogP contribution in [0.1, 0.15) is 13.8 Å². The molecule has 0 amide bonds. The van der Waals surface area contributed by atoms with Crippen molar-refractivity contribution in [1.29, 1.82) is 0 Å². The second-order valence-electron chi connectivity index (χ2n) is 6.39. The summed E-state index contributed by atoms with van der Waals surface area (Å²) >= 11 is 1.43. The predicted molar refractivity (Wildman–Crippen MR) is 92.8 cm³/mol. The van der Waals surface area contributed by atoms with E-state index in [9.17, 15) is 0 Å². The van der Waals surface area contributed by atoms with Crippen LogP contribution in [-0.2, 0) is 0 Å². The van der Waals surface area contributed by atoms with Gasteiger partial charge in [0.05, 0.1) is 5.56 Å². The van der Waals surface area contributed by atoms with Gasteiger partial charge < -0.3 is 16.0 Å². The van der Waals surface area contributed by atoms with Crippen LogP contribution in [0.15, 0.2) is 30.3 Å². The molecule has 21 heavy (non-hydrogen) atoms. The molecule has 0 saturated carbocycles. The summed E-state index contributed by atoms with van der Waals surface area (Å²) in [4.78, 5) is 2.21. The number of aromatic nitrogens is 1. The van der Waals surface area contributed by atoms with Crippen LogP contribution in [0.5, 0.6) is 0 Å². The molecule has 0 spiro atoms. The van der Waals surface area contributed by atoms with Crippen molar-refractivity contribution in [3.05, 3.63) is 30.3 Å². The Morgan fingerprint density at radius 3 is 2.52 bits per heavy atom. The minimum atomic E-state index is 0.177. The van der Waals surface area contributed by atoms with Gasteiger partial charge >= 0.3 is 0 Å². The van der Waals surface area contributed by atoms with E-state index >= 15 is 0 Å². The Kier molecular flexibility index (Phi) is 4.85. The molecular weight excluding hydrogens is 280 g/mol. The van der Waals surface area contributed by atoms with Crippen molar-refractivity contribution in [3.8, 4) is 11.1 Å². The molecule has 5 heteroatoms. The molecule has 0 aliphatic carbocycles. The molecule has 1 heterocycles. The van der Waals surface area contributed by atoms with Gasteiger partial charge in [0, 0.05) is 13.1 Å². The molecule has 0 fully saturated rings. The van der Waals surface area contributed by atoms with Gasteiger partial charge in [-0.1, -0.05) is 44.2 Å². The number of rotatable bonds is 6. The highest BCUT2D eigenvalue weighted by Crippen LogP contribution is 2.37. The third-order valence-corrected chi connectivity index (χ3v) is 4.07. The predicted octanol–water partition coefficient (Wildman–Crippen LogP) is 3.39. The van der Waals surface area contributed by atoms with E-state index < -0.39 is 0 Å². The Bertz CT molecular complexity index is 575. The lowest BCUT2D eigenvalue weighted by atomic mass is 9.93. The number of nitrogens with two attached hydrogens (primary N) is 1. The van der Waals surface area contributed by atoms with Crippen molar-refractivity contribution in [3.63, 3.8) is 0 Å². The maximum absolute atomic E-state index is 6.04. The van der Waals surface area contributed by atoms with Gasteiger partial charge in [-0.05, 0) is 36.6 Å². The summed E-state index contributed by atoms with van der Waals surface area (Å²) in [6.45, 7) is 6.42. The molecule has 0 aliphatic heterocycles. The Morgan fingerprint density at radius 2 is 1.90 bits per heavy atom. The van der Waals surface area contributed by atoms with Crippen LogP contribution >= 0.6 is 11.5 Å². The number of hydrogen-bond acceptors (Lipinski definition) is 5. The first-order chi connectivity index (χ1) is 9.89. The lowest BCUT2D eigenvalue weighted by Gasteiger charge is -2.28. The molecule has 3 N–H and O–H groups in total. The number of anilines is 2. The summed E-state index contributed by atoms with van der Waals surface area (Å²) in [5.74, 6) is 0.596. The molecule has 0 atom stereocenters. The molecular formula is C16H24N4S. The quantitative estimate of drug-likeness (QED) is 0.859. The van der Waals surface area contributed by atoms with Gasteiger partial charge in [-0.15, -0.1) is 0 Å². The van der Waals surface area contributed by atoms with Crippen LogP contribution in [0.2, 0.25) is 0 Å². The van der Waals surface area contributed by atoms with E-state index in [-0.39, 0.29) is 5.41 Å². The van der Waals surface area contributed by atoms with Crippen LogP contribution in [0.3, 0.4) is 0 Å². The highest BCUT2D eigenvalue weighted by atomic mass is 32.1. The van der Waals surface area contributed by atoms with Gasteiger partial charge in [-0.3, -0.25) is 0 Å². The standard InChI is InChI=1S/C16H24N4S/c1-16(2,11-20(3)4)10-18-15-13(14(17)19-21-15)12-8-6-5-7-9-12/h5-9,18H,10-11H2,1-4H3,(H2,17,19). The molecule has 1 aromatic heterocycles. The second-order valence-corrected chi connectivity index (χ2v) is 7.17. The Labute approximate surface area is 131 Å². The van der Waals surface area contributed by atoms with Crippen molar-refractivity contribution >= 4 is 22.4 Å². The summed E-state index contributed by atoms with van der Waals surface area (Å²) < 4.78 is 4.30. The highest BCUT2D eigenvalue weighted by Gasteiger charge is 2.21. The van der Waals surface area contributed by atoms with E-state index in [0.717, 1.165) is 29.2 Å². The van der Waals surface area contributed by atoms with Crippen LogP contribution in [0.25, 0.3) is 11.1 Å². The van der Waals surface area contributed by atoms with Crippen molar-refractivity contribution in [2.24, 2.45) is 5.41 Å². The van der Waals surface area contributed by atoms with Gasteiger partial charge in [-0.2, -0.15) is 4.37 Å². The maximum Gasteiger partial charge on any atom is 0.147 e. The monoisotopic (exact) mass is 304 g/mol. The van der Waals surface area contributed by atoms with E-state index in [2.05, 4.69) is 54.7 Å². The number of nitrogen functional groups attached to an aromatic ring is 1. The van der Waals surface area contributed by atoms with Crippen LogP contribution < -0.4 is 11.1 Å². The fourth-order valence-corrected chi connectivity index (χ4v) is 3.27. The summed E-state index contributed by atoms with van der Waals surface area (Å²) in [7, 11) is 4.20. The summed E-state index contributed by atoms with van der Waals surface area (Å²) in [6.07, 6.45) is 0. The molecule has 0 saturated heterocycles. The van der Waals surface area contributed by atoms with Crippen molar-refractivity contribution in [2.45, 2.75) is 13.8 Å². The van der Waals surface area contributed by atoms with Gasteiger partial charge in [0.25, 0.3) is 0 Å². The smallest absolute Gasteiger partial charge is 0.147 e. The molecule has 0 radical (unpaired) electrons. The van der Waals surface area contributed by atoms with Gasteiger partial charge in [0.1, 0.15) is 10.8 Å². The Morgan fingerprint density at radius 1 is 1.24 bits per heavy atom. The molecule has 114 valence electrons. The zero-order chi connectivity index (χ0) is 15.5. The summed E-state index contributed by atoms with van der Waals surface area (Å²) in [5, 5.41) is 4.57. The minimum absolute atomic E-state index is 0.177. The number of benzene rings is 1. The fourth-order valence-electron chi connectivity index (χ4n) is 2.54. The highest BCUT2D eigenvalue weighted by molar-refractivity contribution is 7.11. The fraction of sp³-hybridized carbons (Fsp3) is 0.438. The molecule has 0 bridgehead atoms. The zero-order valence-corrected chi connectivity index (χ0v) is 14.0. The van der Waals surface area contributed by atoms with E-state index in [4.69, 9.17) is 5.73 Å². The molecule has 0 aliphatic rings. The van der Waals surface area contributed by atoms with Crippen LogP contribution in [-0.4, -0.2) is 36.5 Å². The lowest BCUT2D eigenvalue weighted by Crippen LogP contribution is -2.34. The molecule has 1 aromatic carbocycles. The van der Waals surface area contributed by atoms with Crippen molar-refractivity contribution in [1.82, 2.24) is 9.27 Å². The maximum atomic E-state index is 6.04. The lowest BCUT2D eigenvalue weighted by molar-refractivity contribution is 0.254. The molecule has 0 unspecified atom stereocenters. The zero-order valence-electron chi connectivity index (χ0n) is 13.2. The van der Waals surface area contributed by atoms with E-state index in [1.54, 1.807) is 0 Å². The third-order valence-electron chi connectivity index (χ3n) is 3.25.